The van der Waals surface area contributed by atoms with Crippen molar-refractivity contribution in [2.75, 3.05) is 24.7 Å². The number of carbonyl (C=O) groups is 1. The molecule has 1 aromatic carbocycles. The van der Waals surface area contributed by atoms with E-state index in [1.807, 2.05) is 0 Å². The molecule has 1 aromatic rings. The fourth-order valence-electron chi connectivity index (χ4n) is 3.52. The highest BCUT2D eigenvalue weighted by Crippen LogP contribution is 2.35. The van der Waals surface area contributed by atoms with Gasteiger partial charge in [-0.2, -0.15) is 0 Å². The van der Waals surface area contributed by atoms with Crippen LogP contribution in [0.2, 0.25) is 0 Å². The third-order valence-electron chi connectivity index (χ3n) is 5.11. The first kappa shape index (κ1) is 17.5. The average Bonchev–Trinajstić information content (AvgIpc) is 2.60. The molecule has 4 nitrogen and oxygen atoms in total. The molecule has 1 amide bonds. The van der Waals surface area contributed by atoms with Gasteiger partial charge in [0.05, 0.1) is 5.41 Å². The largest absolute Gasteiger partial charge is 0.381 e. The monoisotopic (exact) mass is 353 g/mol. The fourth-order valence-corrected chi connectivity index (χ4v) is 4.81. The van der Waals surface area contributed by atoms with E-state index in [9.17, 15) is 13.4 Å². The van der Waals surface area contributed by atoms with E-state index in [1.54, 1.807) is 12.1 Å². The normalized spacial score (nSPS) is 26.7. The third-order valence-corrected chi connectivity index (χ3v) is 6.49. The summed E-state index contributed by atoms with van der Waals surface area (Å²) >= 11 is 0. The van der Waals surface area contributed by atoms with Crippen molar-refractivity contribution < 1.29 is 18.1 Å². The Morgan fingerprint density at radius 1 is 1.21 bits per heavy atom. The minimum atomic E-state index is -0.731. The van der Waals surface area contributed by atoms with Gasteiger partial charge in [-0.05, 0) is 49.8 Å². The highest BCUT2D eigenvalue weighted by Gasteiger charge is 2.41. The molecule has 3 rings (SSSR count). The molecule has 6 heteroatoms. The van der Waals surface area contributed by atoms with Gasteiger partial charge in [0.2, 0.25) is 5.91 Å². The van der Waals surface area contributed by atoms with Crippen molar-refractivity contribution in [2.24, 2.45) is 5.41 Å². The first-order chi connectivity index (χ1) is 11.6. The Hall–Kier alpha value is -1.27. The third kappa shape index (κ3) is 4.22. The Morgan fingerprint density at radius 3 is 2.46 bits per heavy atom. The topological polar surface area (TPSA) is 55.4 Å². The van der Waals surface area contributed by atoms with Gasteiger partial charge < -0.3 is 10.1 Å². The number of ether oxygens (including phenoxy) is 1. The molecule has 0 atom stereocenters. The summed E-state index contributed by atoms with van der Waals surface area (Å²) in [5.41, 5.74) is 0.477. The standard InChI is InChI=1S/C18H24FNO3S/c19-15-3-1-14(2-4-15)13-18(7-9-23-10-8-18)17(21)20-16-5-11-24(22)12-6-16/h1-4,16H,5-13H2,(H,20,21). The minimum absolute atomic E-state index is 0.0628. The predicted molar refractivity (Wildman–Crippen MR) is 91.6 cm³/mol. The van der Waals surface area contributed by atoms with Crippen LogP contribution in [0.4, 0.5) is 4.39 Å². The number of rotatable bonds is 4. The van der Waals surface area contributed by atoms with Crippen LogP contribution < -0.4 is 5.32 Å². The van der Waals surface area contributed by atoms with Crippen LogP contribution in [0.1, 0.15) is 31.2 Å². The first-order valence-corrected chi connectivity index (χ1v) is 10.0. The molecule has 2 saturated heterocycles. The van der Waals surface area contributed by atoms with Crippen LogP contribution in [0, 0.1) is 11.2 Å². The van der Waals surface area contributed by atoms with E-state index in [4.69, 9.17) is 4.74 Å². The lowest BCUT2D eigenvalue weighted by atomic mass is 9.74. The first-order valence-electron chi connectivity index (χ1n) is 8.56. The van der Waals surface area contributed by atoms with Gasteiger partial charge in [-0.15, -0.1) is 0 Å². The second-order valence-electron chi connectivity index (χ2n) is 6.79. The van der Waals surface area contributed by atoms with Crippen molar-refractivity contribution in [1.82, 2.24) is 5.32 Å². The predicted octanol–water partition coefficient (Wildman–Crippen LogP) is 2.19. The number of carbonyl (C=O) groups excluding carboxylic acids is 1. The summed E-state index contributed by atoms with van der Waals surface area (Å²) in [6, 6.07) is 6.50. The van der Waals surface area contributed by atoms with Crippen LogP contribution in [0.15, 0.2) is 24.3 Å². The van der Waals surface area contributed by atoms with E-state index in [0.717, 1.165) is 18.4 Å². The molecule has 0 aliphatic carbocycles. The van der Waals surface area contributed by atoms with Crippen molar-refractivity contribution in [1.29, 1.82) is 0 Å². The van der Waals surface area contributed by atoms with Crippen molar-refractivity contribution in [2.45, 2.75) is 38.1 Å². The molecule has 1 N–H and O–H groups in total. The molecular formula is C18H24FNO3S. The number of hydrogen-bond acceptors (Lipinski definition) is 3. The van der Waals surface area contributed by atoms with E-state index < -0.39 is 16.2 Å². The summed E-state index contributed by atoms with van der Waals surface area (Å²) in [6.07, 6.45) is 3.51. The van der Waals surface area contributed by atoms with Gasteiger partial charge in [-0.25, -0.2) is 4.39 Å². The molecule has 2 fully saturated rings. The second-order valence-corrected chi connectivity index (χ2v) is 8.49. The zero-order valence-corrected chi connectivity index (χ0v) is 14.6. The maximum atomic E-state index is 13.1. The molecule has 2 heterocycles. The molecule has 0 radical (unpaired) electrons. The van der Waals surface area contributed by atoms with Crippen LogP contribution in [0.25, 0.3) is 0 Å². The maximum Gasteiger partial charge on any atom is 0.226 e. The van der Waals surface area contributed by atoms with E-state index in [1.165, 1.54) is 12.1 Å². The Labute approximate surface area is 144 Å². The van der Waals surface area contributed by atoms with Crippen LogP contribution in [0.3, 0.4) is 0 Å². The van der Waals surface area contributed by atoms with Crippen LogP contribution in [-0.2, 0) is 26.8 Å². The molecule has 2 aliphatic rings. The van der Waals surface area contributed by atoms with Crippen LogP contribution in [0.5, 0.6) is 0 Å². The quantitative estimate of drug-likeness (QED) is 0.903. The zero-order chi connectivity index (χ0) is 17.0. The number of amides is 1. The van der Waals surface area contributed by atoms with Gasteiger partial charge in [-0.1, -0.05) is 12.1 Å². The van der Waals surface area contributed by atoms with Gasteiger partial charge >= 0.3 is 0 Å². The van der Waals surface area contributed by atoms with Crippen LogP contribution >= 0.6 is 0 Å². The summed E-state index contributed by atoms with van der Waals surface area (Å²) < 4.78 is 30.1. The molecule has 24 heavy (non-hydrogen) atoms. The lowest BCUT2D eigenvalue weighted by Gasteiger charge is -2.37. The highest BCUT2D eigenvalue weighted by molar-refractivity contribution is 7.85. The van der Waals surface area contributed by atoms with Gasteiger partial charge in [0.15, 0.2) is 0 Å². The number of nitrogens with one attached hydrogen (secondary N) is 1. The van der Waals surface area contributed by atoms with Crippen molar-refractivity contribution >= 4 is 16.7 Å². The Balaban J connectivity index is 1.71. The van der Waals surface area contributed by atoms with Crippen LogP contribution in [-0.4, -0.2) is 40.9 Å². The molecule has 0 saturated carbocycles. The Morgan fingerprint density at radius 2 is 1.83 bits per heavy atom. The minimum Gasteiger partial charge on any atom is -0.381 e. The molecule has 0 aromatic heterocycles. The number of hydrogen-bond donors (Lipinski definition) is 1. The maximum absolute atomic E-state index is 13.1. The highest BCUT2D eigenvalue weighted by atomic mass is 32.2. The molecule has 0 unspecified atom stereocenters. The van der Waals surface area contributed by atoms with Gasteiger partial charge in [0, 0.05) is 41.6 Å². The molecule has 0 bridgehead atoms. The molecule has 132 valence electrons. The zero-order valence-electron chi connectivity index (χ0n) is 13.8. The van der Waals surface area contributed by atoms with E-state index in [-0.39, 0.29) is 17.8 Å². The molecule has 0 spiro atoms. The summed E-state index contributed by atoms with van der Waals surface area (Å²) in [5.74, 6) is 1.13. The van der Waals surface area contributed by atoms with Gasteiger partial charge in [0.1, 0.15) is 5.82 Å². The van der Waals surface area contributed by atoms with Gasteiger partial charge in [0.25, 0.3) is 0 Å². The van der Waals surface area contributed by atoms with E-state index in [2.05, 4.69) is 5.32 Å². The fraction of sp³-hybridized carbons (Fsp3) is 0.611. The lowest BCUT2D eigenvalue weighted by molar-refractivity contribution is -0.137. The number of halogens is 1. The average molecular weight is 353 g/mol. The van der Waals surface area contributed by atoms with E-state index in [0.29, 0.717) is 44.0 Å². The van der Waals surface area contributed by atoms with Crippen molar-refractivity contribution in [3.8, 4) is 0 Å². The SMILES string of the molecule is O=C(NC1CCS(=O)CC1)C1(Cc2ccc(F)cc2)CCOCC1. The summed E-state index contributed by atoms with van der Waals surface area (Å²) in [4.78, 5) is 13.0. The summed E-state index contributed by atoms with van der Waals surface area (Å²) in [7, 11) is -0.731. The van der Waals surface area contributed by atoms with Crippen molar-refractivity contribution in [3.05, 3.63) is 35.6 Å². The Bertz CT molecular complexity index is 589. The lowest BCUT2D eigenvalue weighted by Crippen LogP contribution is -2.50. The van der Waals surface area contributed by atoms with Crippen molar-refractivity contribution in [3.63, 3.8) is 0 Å². The smallest absolute Gasteiger partial charge is 0.226 e. The molecular weight excluding hydrogens is 329 g/mol. The van der Waals surface area contributed by atoms with E-state index >= 15 is 0 Å². The second kappa shape index (κ2) is 7.74. The Kier molecular flexibility index (Phi) is 5.66. The number of benzene rings is 1. The van der Waals surface area contributed by atoms with Gasteiger partial charge in [-0.3, -0.25) is 9.00 Å². The summed E-state index contributed by atoms with van der Waals surface area (Å²) in [5, 5.41) is 3.18. The molecule has 2 aliphatic heterocycles. The summed E-state index contributed by atoms with van der Waals surface area (Å²) in [6.45, 7) is 1.15.